The molecule has 0 saturated carbocycles. The maximum absolute atomic E-state index is 8.89. The number of nitrogens with zero attached hydrogens (tertiary/aromatic N) is 2. The van der Waals surface area contributed by atoms with Gasteiger partial charge in [0.1, 0.15) is 0 Å². The molecule has 0 aromatic heterocycles. The van der Waals surface area contributed by atoms with Gasteiger partial charge in [-0.15, -0.1) is 6.42 Å². The van der Waals surface area contributed by atoms with Crippen molar-refractivity contribution in [1.82, 2.24) is 0 Å². The van der Waals surface area contributed by atoms with Gasteiger partial charge in [0, 0.05) is 52.5 Å². The summed E-state index contributed by atoms with van der Waals surface area (Å²) in [6.07, 6.45) is 1.95. The molecule has 1 aliphatic rings. The van der Waals surface area contributed by atoms with Gasteiger partial charge in [0.25, 0.3) is 0 Å². The summed E-state index contributed by atoms with van der Waals surface area (Å²) < 4.78 is 0. The van der Waals surface area contributed by atoms with Crippen molar-refractivity contribution in [2.75, 3.05) is 0 Å². The Morgan fingerprint density at radius 3 is 2.84 bits per heavy atom. The van der Waals surface area contributed by atoms with Gasteiger partial charge in [0.15, 0.2) is 0 Å². The van der Waals surface area contributed by atoms with Crippen LogP contribution < -0.4 is 0 Å². The van der Waals surface area contributed by atoms with Crippen molar-refractivity contribution in [3.8, 4) is 0 Å². The molecule has 19 heavy (non-hydrogen) atoms. The first-order chi connectivity index (χ1) is 8.70. The molecule has 0 aliphatic carbocycles. The average molecular weight is 434 g/mol. The fourth-order valence-corrected chi connectivity index (χ4v) is 2.87. The molecule has 1 heterocycles. The Labute approximate surface area is 157 Å². The third kappa shape index (κ3) is 4.92. The van der Waals surface area contributed by atoms with E-state index in [4.69, 9.17) is 10.2 Å². The SMILES string of the molecule is CC(=NO)c1ccccc1N=C1C[CH-]SC(C)C1.[Yb]. The van der Waals surface area contributed by atoms with Crippen LogP contribution in [0, 0.1) is 52.7 Å². The van der Waals surface area contributed by atoms with Gasteiger partial charge in [-0.1, -0.05) is 30.3 Å². The van der Waals surface area contributed by atoms with Gasteiger partial charge in [-0.2, -0.15) is 0 Å². The van der Waals surface area contributed by atoms with Gasteiger partial charge in [-0.25, -0.2) is 0 Å². The molecule has 1 unspecified atom stereocenters. The van der Waals surface area contributed by atoms with Crippen molar-refractivity contribution in [1.29, 1.82) is 0 Å². The van der Waals surface area contributed by atoms with E-state index < -0.39 is 0 Å². The molecule has 1 fully saturated rings. The van der Waals surface area contributed by atoms with E-state index in [1.165, 1.54) is 5.71 Å². The molecule has 1 N–H and O–H groups in total. The van der Waals surface area contributed by atoms with Crippen LogP contribution in [0.1, 0.15) is 32.3 Å². The van der Waals surface area contributed by atoms with E-state index in [9.17, 15) is 0 Å². The first-order valence-electron chi connectivity index (χ1n) is 6.02. The molecule has 3 nitrogen and oxygen atoms in total. The molecular formula is C14H17N2OSYb-. The predicted octanol–water partition coefficient (Wildman–Crippen LogP) is 4.03. The number of hydrogen-bond donors (Lipinski definition) is 1. The number of benzene rings is 1. The van der Waals surface area contributed by atoms with Crippen LogP contribution in [0.2, 0.25) is 0 Å². The Morgan fingerprint density at radius 1 is 1.42 bits per heavy atom. The zero-order valence-corrected chi connectivity index (χ0v) is 13.4. The van der Waals surface area contributed by atoms with Crippen LogP contribution >= 0.6 is 11.8 Å². The summed E-state index contributed by atoms with van der Waals surface area (Å²) in [6.45, 7) is 3.99. The normalized spacial score (nSPS) is 22.1. The third-order valence-corrected chi connectivity index (χ3v) is 3.88. The first-order valence-corrected chi connectivity index (χ1v) is 6.96. The summed E-state index contributed by atoms with van der Waals surface area (Å²) in [6, 6.07) is 7.78. The number of para-hydroxylation sites is 1. The van der Waals surface area contributed by atoms with Gasteiger partial charge < -0.3 is 17.0 Å². The van der Waals surface area contributed by atoms with E-state index in [2.05, 4.69) is 17.8 Å². The summed E-state index contributed by atoms with van der Waals surface area (Å²) in [5, 5.41) is 12.7. The molecule has 110 valence electrons. The van der Waals surface area contributed by atoms with Gasteiger partial charge in [0.2, 0.25) is 0 Å². The molecule has 2 rings (SSSR count). The standard InChI is InChI=1S/C14H17N2OS.Yb/c1-10-9-12(7-8-18-10)15-14-6-4-3-5-13(14)11(2)16-17;/h3-6,8,10,17H,7,9H2,1-2H3;/q-1;. The molecule has 0 bridgehead atoms. The fraction of sp³-hybridized carbons (Fsp3) is 0.357. The fourth-order valence-electron chi connectivity index (χ4n) is 1.96. The Bertz CT molecular complexity index is 488. The molecule has 0 spiro atoms. The maximum Gasteiger partial charge on any atom is 0.0858 e. The minimum Gasteiger partial charge on any atom is -0.411 e. The third-order valence-electron chi connectivity index (χ3n) is 2.89. The van der Waals surface area contributed by atoms with Crippen LogP contribution in [-0.4, -0.2) is 21.9 Å². The van der Waals surface area contributed by atoms with Crippen molar-refractivity contribution in [3.63, 3.8) is 0 Å². The Hall–Kier alpha value is 0.229. The van der Waals surface area contributed by atoms with Gasteiger partial charge in [-0.05, 0) is 30.4 Å². The van der Waals surface area contributed by atoms with Gasteiger partial charge >= 0.3 is 0 Å². The van der Waals surface area contributed by atoms with Crippen molar-refractivity contribution < 1.29 is 52.1 Å². The van der Waals surface area contributed by atoms with Crippen LogP contribution in [0.3, 0.4) is 0 Å². The molecular weight excluding hydrogens is 417 g/mol. The van der Waals surface area contributed by atoms with E-state index in [1.54, 1.807) is 6.92 Å². The monoisotopic (exact) mass is 435 g/mol. The van der Waals surface area contributed by atoms with E-state index in [0.717, 1.165) is 24.1 Å². The molecule has 0 amide bonds. The van der Waals surface area contributed by atoms with Gasteiger partial charge in [-0.3, -0.25) is 10.7 Å². The number of rotatable bonds is 2. The summed E-state index contributed by atoms with van der Waals surface area (Å²) >= 11 is 1.88. The quantitative estimate of drug-likeness (QED) is 0.331. The Balaban J connectivity index is 0.00000180. The Kier molecular flexibility index (Phi) is 7.73. The summed E-state index contributed by atoms with van der Waals surface area (Å²) in [7, 11) is 0. The van der Waals surface area contributed by atoms with Crippen LogP contribution in [-0.2, 0) is 0 Å². The minimum absolute atomic E-state index is 0. The molecule has 1 aliphatic heterocycles. The topological polar surface area (TPSA) is 45.0 Å². The largest absolute Gasteiger partial charge is 0.411 e. The van der Waals surface area contributed by atoms with E-state index >= 15 is 0 Å². The predicted molar refractivity (Wildman–Crippen MR) is 78.1 cm³/mol. The van der Waals surface area contributed by atoms with Crippen molar-refractivity contribution in [3.05, 3.63) is 35.6 Å². The molecule has 1 atom stereocenters. The van der Waals surface area contributed by atoms with Crippen LogP contribution in [0.4, 0.5) is 5.69 Å². The van der Waals surface area contributed by atoms with E-state index in [-0.39, 0.29) is 46.9 Å². The maximum atomic E-state index is 8.89. The first kappa shape index (κ1) is 17.3. The van der Waals surface area contributed by atoms with Crippen LogP contribution in [0.15, 0.2) is 34.4 Å². The molecule has 1 aromatic rings. The van der Waals surface area contributed by atoms with E-state index in [0.29, 0.717) is 11.0 Å². The van der Waals surface area contributed by atoms with Crippen LogP contribution in [0.25, 0.3) is 0 Å². The molecule has 0 radical (unpaired) electrons. The Morgan fingerprint density at radius 2 is 2.16 bits per heavy atom. The number of oxime groups is 1. The average Bonchev–Trinajstić information content (AvgIpc) is 2.38. The van der Waals surface area contributed by atoms with Gasteiger partial charge in [0.05, 0.1) is 11.4 Å². The molecule has 5 heteroatoms. The van der Waals surface area contributed by atoms with Crippen molar-refractivity contribution in [2.24, 2.45) is 10.1 Å². The van der Waals surface area contributed by atoms with E-state index in [1.807, 2.05) is 36.0 Å². The summed E-state index contributed by atoms with van der Waals surface area (Å²) in [5.41, 5.74) is 3.56. The number of hydrogen-bond acceptors (Lipinski definition) is 4. The zero-order valence-electron chi connectivity index (χ0n) is 10.9. The van der Waals surface area contributed by atoms with Crippen molar-refractivity contribution in [2.45, 2.75) is 31.9 Å². The minimum atomic E-state index is 0. The summed E-state index contributed by atoms with van der Waals surface area (Å²) in [4.78, 5) is 4.72. The second-order valence-corrected chi connectivity index (χ2v) is 5.81. The smallest absolute Gasteiger partial charge is 0.0858 e. The molecule has 1 saturated heterocycles. The van der Waals surface area contributed by atoms with Crippen LogP contribution in [0.5, 0.6) is 0 Å². The number of thioether (sulfide) groups is 1. The second kappa shape index (κ2) is 8.50. The zero-order chi connectivity index (χ0) is 13.0. The summed E-state index contributed by atoms with van der Waals surface area (Å²) in [5.74, 6) is 2.21. The second-order valence-electron chi connectivity index (χ2n) is 4.40. The molecule has 1 aromatic carbocycles. The number of aliphatic imine (C=N–C) groups is 1. The van der Waals surface area contributed by atoms with Crippen molar-refractivity contribution >= 4 is 28.9 Å².